The SMILES string of the molecule is NC(=O)c1cc(C(F)(F)F)nc2c1CCCC2. The summed E-state index contributed by atoms with van der Waals surface area (Å²) in [7, 11) is 0. The Morgan fingerprint density at radius 2 is 1.94 bits per heavy atom. The summed E-state index contributed by atoms with van der Waals surface area (Å²) in [5.41, 5.74) is 4.98. The summed E-state index contributed by atoms with van der Waals surface area (Å²) < 4.78 is 37.8. The summed E-state index contributed by atoms with van der Waals surface area (Å²) in [4.78, 5) is 14.8. The number of halogens is 3. The van der Waals surface area contributed by atoms with Crippen LogP contribution in [0.4, 0.5) is 13.2 Å². The van der Waals surface area contributed by atoms with Crippen molar-refractivity contribution in [2.45, 2.75) is 31.9 Å². The van der Waals surface area contributed by atoms with Crippen LogP contribution in [0, 0.1) is 0 Å². The van der Waals surface area contributed by atoms with Crippen molar-refractivity contribution in [2.24, 2.45) is 5.73 Å². The molecular formula is C11H11F3N2O. The van der Waals surface area contributed by atoms with E-state index in [-0.39, 0.29) is 5.56 Å². The Kier molecular flexibility index (Phi) is 2.81. The fourth-order valence-corrected chi connectivity index (χ4v) is 2.07. The molecular weight excluding hydrogens is 233 g/mol. The van der Waals surface area contributed by atoms with Gasteiger partial charge in [0, 0.05) is 11.3 Å². The average Bonchev–Trinajstić information content (AvgIpc) is 2.26. The Labute approximate surface area is 95.8 Å². The molecule has 0 bridgehead atoms. The molecule has 2 N–H and O–H groups in total. The maximum Gasteiger partial charge on any atom is 0.433 e. The van der Waals surface area contributed by atoms with Crippen molar-refractivity contribution in [3.8, 4) is 0 Å². The highest BCUT2D eigenvalue weighted by molar-refractivity contribution is 5.94. The number of rotatable bonds is 1. The third-order valence-corrected chi connectivity index (χ3v) is 2.86. The fourth-order valence-electron chi connectivity index (χ4n) is 2.07. The first-order chi connectivity index (χ1) is 7.89. The minimum absolute atomic E-state index is 0.0398. The highest BCUT2D eigenvalue weighted by Gasteiger charge is 2.35. The monoisotopic (exact) mass is 244 g/mol. The molecule has 0 atom stereocenters. The molecule has 0 fully saturated rings. The number of pyridine rings is 1. The Bertz CT molecular complexity index is 469. The maximum atomic E-state index is 12.6. The lowest BCUT2D eigenvalue weighted by Gasteiger charge is -2.19. The number of primary amides is 1. The zero-order chi connectivity index (χ0) is 12.6. The molecule has 1 aliphatic carbocycles. The predicted molar refractivity (Wildman–Crippen MR) is 54.4 cm³/mol. The smallest absolute Gasteiger partial charge is 0.366 e. The Hall–Kier alpha value is -1.59. The maximum absolute atomic E-state index is 12.6. The summed E-state index contributed by atoms with van der Waals surface area (Å²) in [5.74, 6) is -0.823. The van der Waals surface area contributed by atoms with Crippen molar-refractivity contribution >= 4 is 5.91 Å². The third-order valence-electron chi connectivity index (χ3n) is 2.86. The molecule has 1 amide bonds. The van der Waals surface area contributed by atoms with Crippen LogP contribution < -0.4 is 5.73 Å². The van der Waals surface area contributed by atoms with Crippen LogP contribution in [-0.2, 0) is 19.0 Å². The number of alkyl halides is 3. The van der Waals surface area contributed by atoms with E-state index in [0.717, 1.165) is 18.9 Å². The van der Waals surface area contributed by atoms with Crippen molar-refractivity contribution in [3.63, 3.8) is 0 Å². The van der Waals surface area contributed by atoms with Gasteiger partial charge in [0.2, 0.25) is 5.91 Å². The lowest BCUT2D eigenvalue weighted by atomic mass is 9.91. The van der Waals surface area contributed by atoms with E-state index in [0.29, 0.717) is 24.1 Å². The topological polar surface area (TPSA) is 56.0 Å². The molecule has 6 heteroatoms. The quantitative estimate of drug-likeness (QED) is 0.822. The van der Waals surface area contributed by atoms with Gasteiger partial charge in [0.15, 0.2) is 0 Å². The van der Waals surface area contributed by atoms with E-state index in [2.05, 4.69) is 4.98 Å². The number of hydrogen-bond donors (Lipinski definition) is 1. The van der Waals surface area contributed by atoms with Crippen LogP contribution in [0.1, 0.15) is 40.2 Å². The van der Waals surface area contributed by atoms with Crippen molar-refractivity contribution in [1.29, 1.82) is 0 Å². The first kappa shape index (κ1) is 11.9. The summed E-state index contributed by atoms with van der Waals surface area (Å²) in [6.45, 7) is 0. The average molecular weight is 244 g/mol. The largest absolute Gasteiger partial charge is 0.433 e. The Morgan fingerprint density at radius 1 is 1.29 bits per heavy atom. The van der Waals surface area contributed by atoms with Gasteiger partial charge in [-0.2, -0.15) is 13.2 Å². The molecule has 0 unspecified atom stereocenters. The van der Waals surface area contributed by atoms with Crippen molar-refractivity contribution in [3.05, 3.63) is 28.6 Å². The van der Waals surface area contributed by atoms with Crippen LogP contribution in [0.2, 0.25) is 0 Å². The van der Waals surface area contributed by atoms with E-state index >= 15 is 0 Å². The van der Waals surface area contributed by atoms with E-state index < -0.39 is 17.8 Å². The van der Waals surface area contributed by atoms with Crippen LogP contribution in [0.3, 0.4) is 0 Å². The predicted octanol–water partition coefficient (Wildman–Crippen LogP) is 2.08. The first-order valence-corrected chi connectivity index (χ1v) is 5.29. The number of hydrogen-bond acceptors (Lipinski definition) is 2. The summed E-state index contributed by atoms with van der Waals surface area (Å²) in [5, 5.41) is 0. The van der Waals surface area contributed by atoms with E-state index in [1.165, 1.54) is 0 Å². The molecule has 0 aliphatic heterocycles. The van der Waals surface area contributed by atoms with E-state index in [9.17, 15) is 18.0 Å². The van der Waals surface area contributed by atoms with E-state index in [1.807, 2.05) is 0 Å². The van der Waals surface area contributed by atoms with Gasteiger partial charge in [-0.05, 0) is 37.3 Å². The normalized spacial score (nSPS) is 15.5. The van der Waals surface area contributed by atoms with Gasteiger partial charge in [-0.25, -0.2) is 4.98 Å². The van der Waals surface area contributed by atoms with Gasteiger partial charge in [0.05, 0.1) is 0 Å². The molecule has 17 heavy (non-hydrogen) atoms. The van der Waals surface area contributed by atoms with Crippen molar-refractivity contribution < 1.29 is 18.0 Å². The molecule has 1 heterocycles. The lowest BCUT2D eigenvalue weighted by Crippen LogP contribution is -2.21. The van der Waals surface area contributed by atoms with Crippen LogP contribution in [0.15, 0.2) is 6.07 Å². The van der Waals surface area contributed by atoms with E-state index in [1.54, 1.807) is 0 Å². The summed E-state index contributed by atoms with van der Waals surface area (Å²) >= 11 is 0. The number of nitrogens with two attached hydrogens (primary N) is 1. The van der Waals surface area contributed by atoms with Gasteiger partial charge in [-0.15, -0.1) is 0 Å². The second kappa shape index (κ2) is 4.01. The second-order valence-corrected chi connectivity index (χ2v) is 4.05. The minimum atomic E-state index is -4.54. The molecule has 0 radical (unpaired) electrons. The fraction of sp³-hybridized carbons (Fsp3) is 0.455. The van der Waals surface area contributed by atoms with Crippen LogP contribution in [-0.4, -0.2) is 10.9 Å². The van der Waals surface area contributed by atoms with Gasteiger partial charge in [-0.1, -0.05) is 0 Å². The molecule has 0 aromatic carbocycles. The van der Waals surface area contributed by atoms with Crippen LogP contribution >= 0.6 is 0 Å². The number of aromatic nitrogens is 1. The molecule has 1 aromatic rings. The standard InChI is InChI=1S/C11H11F3N2O/c12-11(13,14)9-5-7(10(15)17)6-3-1-2-4-8(6)16-9/h5H,1-4H2,(H2,15,17). The molecule has 1 aliphatic rings. The molecule has 0 saturated heterocycles. The zero-order valence-electron chi connectivity index (χ0n) is 8.97. The van der Waals surface area contributed by atoms with Gasteiger partial charge in [0.25, 0.3) is 0 Å². The van der Waals surface area contributed by atoms with Gasteiger partial charge >= 0.3 is 6.18 Å². The van der Waals surface area contributed by atoms with Crippen molar-refractivity contribution in [1.82, 2.24) is 4.98 Å². The summed E-state index contributed by atoms with van der Waals surface area (Å²) in [6, 6.07) is 0.756. The van der Waals surface area contributed by atoms with E-state index in [4.69, 9.17) is 5.73 Å². The molecule has 2 rings (SSSR count). The number of amides is 1. The second-order valence-electron chi connectivity index (χ2n) is 4.05. The molecule has 0 spiro atoms. The highest BCUT2D eigenvalue weighted by atomic mass is 19.4. The van der Waals surface area contributed by atoms with Gasteiger partial charge < -0.3 is 5.73 Å². The minimum Gasteiger partial charge on any atom is -0.366 e. The number of carbonyl (C=O) groups is 1. The highest BCUT2D eigenvalue weighted by Crippen LogP contribution is 2.32. The van der Waals surface area contributed by atoms with Gasteiger partial charge in [-0.3, -0.25) is 4.79 Å². The Morgan fingerprint density at radius 3 is 2.53 bits per heavy atom. The number of carbonyl (C=O) groups excluding carboxylic acids is 1. The molecule has 3 nitrogen and oxygen atoms in total. The van der Waals surface area contributed by atoms with Crippen LogP contribution in [0.25, 0.3) is 0 Å². The number of fused-ring (bicyclic) bond motifs is 1. The first-order valence-electron chi connectivity index (χ1n) is 5.29. The van der Waals surface area contributed by atoms with Crippen molar-refractivity contribution in [2.75, 3.05) is 0 Å². The van der Waals surface area contributed by atoms with Crippen LogP contribution in [0.5, 0.6) is 0 Å². The zero-order valence-corrected chi connectivity index (χ0v) is 8.97. The van der Waals surface area contributed by atoms with Gasteiger partial charge in [0.1, 0.15) is 5.69 Å². The third kappa shape index (κ3) is 2.25. The number of aryl methyl sites for hydroxylation is 1. The Balaban J connectivity index is 2.60. The molecule has 1 aromatic heterocycles. The molecule has 92 valence electrons. The summed E-state index contributed by atoms with van der Waals surface area (Å²) in [6.07, 6.45) is -1.87. The lowest BCUT2D eigenvalue weighted by molar-refractivity contribution is -0.141. The molecule has 0 saturated carbocycles. The number of nitrogens with zero attached hydrogens (tertiary/aromatic N) is 1.